The van der Waals surface area contributed by atoms with Crippen LogP contribution in [-0.2, 0) is 9.59 Å². The van der Waals surface area contributed by atoms with Gasteiger partial charge < -0.3 is 5.32 Å². The first kappa shape index (κ1) is 17.9. The average Bonchev–Trinajstić information content (AvgIpc) is 2.76. The van der Waals surface area contributed by atoms with E-state index in [1.807, 2.05) is 51.1 Å². The number of halogens is 2. The number of anilines is 2. The Morgan fingerprint density at radius 1 is 1.00 bits per heavy atom. The second-order valence-electron chi connectivity index (χ2n) is 5.94. The molecule has 25 heavy (non-hydrogen) atoms. The van der Waals surface area contributed by atoms with Crippen LogP contribution in [0.15, 0.2) is 47.1 Å². The van der Waals surface area contributed by atoms with Crippen molar-refractivity contribution in [1.29, 1.82) is 0 Å². The Bertz CT molecular complexity index is 937. The molecular formula is C19H16ClIN2O2. The number of hydrogen-bond donors (Lipinski definition) is 1. The standard InChI is InChI=1S/C19H16ClIN2O2/c1-10-5-4-6-14(12(10)3)22-17-16(20)18(24)23(19(17)25)15-8-7-13(21)9-11(15)2/h4-9,22H,1-3H3. The Kier molecular flexibility index (Phi) is 4.88. The highest BCUT2D eigenvalue weighted by Gasteiger charge is 2.39. The maximum Gasteiger partial charge on any atom is 0.283 e. The molecule has 0 saturated carbocycles. The molecular weight excluding hydrogens is 451 g/mol. The molecule has 1 aliphatic rings. The van der Waals surface area contributed by atoms with E-state index < -0.39 is 11.8 Å². The van der Waals surface area contributed by atoms with Crippen LogP contribution in [-0.4, -0.2) is 11.8 Å². The first-order valence-corrected chi connectivity index (χ1v) is 9.15. The third-order valence-corrected chi connectivity index (χ3v) is 5.31. The van der Waals surface area contributed by atoms with Gasteiger partial charge in [0.25, 0.3) is 11.8 Å². The lowest BCUT2D eigenvalue weighted by atomic mass is 10.1. The van der Waals surface area contributed by atoms with E-state index >= 15 is 0 Å². The van der Waals surface area contributed by atoms with Gasteiger partial charge in [0.2, 0.25) is 0 Å². The average molecular weight is 467 g/mol. The monoisotopic (exact) mass is 466 g/mol. The predicted octanol–water partition coefficient (Wildman–Crippen LogP) is 4.65. The molecule has 2 aromatic carbocycles. The molecule has 0 saturated heterocycles. The van der Waals surface area contributed by atoms with Gasteiger partial charge in [0.15, 0.2) is 0 Å². The molecule has 0 bridgehead atoms. The van der Waals surface area contributed by atoms with E-state index in [-0.39, 0.29) is 10.7 Å². The van der Waals surface area contributed by atoms with Gasteiger partial charge in [-0.3, -0.25) is 9.59 Å². The zero-order valence-corrected chi connectivity index (χ0v) is 16.9. The molecule has 0 spiro atoms. The molecule has 2 amide bonds. The molecule has 2 aromatic rings. The first-order valence-electron chi connectivity index (χ1n) is 7.69. The summed E-state index contributed by atoms with van der Waals surface area (Å²) in [5, 5.41) is 2.95. The summed E-state index contributed by atoms with van der Waals surface area (Å²) >= 11 is 8.39. The molecule has 0 radical (unpaired) electrons. The van der Waals surface area contributed by atoms with Crippen molar-refractivity contribution in [3.63, 3.8) is 0 Å². The third kappa shape index (κ3) is 3.18. The molecule has 0 aromatic heterocycles. The molecule has 4 nitrogen and oxygen atoms in total. The third-order valence-electron chi connectivity index (χ3n) is 4.29. The van der Waals surface area contributed by atoms with Gasteiger partial charge in [-0.2, -0.15) is 0 Å². The number of benzene rings is 2. The summed E-state index contributed by atoms with van der Waals surface area (Å²) in [6.45, 7) is 5.80. The molecule has 0 unspecified atom stereocenters. The van der Waals surface area contributed by atoms with Gasteiger partial charge in [0.1, 0.15) is 10.7 Å². The summed E-state index contributed by atoms with van der Waals surface area (Å²) in [6, 6.07) is 11.3. The van der Waals surface area contributed by atoms with Gasteiger partial charge in [-0.25, -0.2) is 4.90 Å². The summed E-state index contributed by atoms with van der Waals surface area (Å²) in [5.41, 5.74) is 4.35. The van der Waals surface area contributed by atoms with Crippen LogP contribution in [0.2, 0.25) is 0 Å². The Morgan fingerprint density at radius 3 is 2.40 bits per heavy atom. The smallest absolute Gasteiger partial charge is 0.283 e. The van der Waals surface area contributed by atoms with E-state index in [2.05, 4.69) is 27.9 Å². The van der Waals surface area contributed by atoms with Gasteiger partial charge in [0, 0.05) is 9.26 Å². The second kappa shape index (κ2) is 6.80. The van der Waals surface area contributed by atoms with Crippen molar-refractivity contribution >= 4 is 57.4 Å². The molecule has 3 rings (SSSR count). The van der Waals surface area contributed by atoms with Crippen LogP contribution in [0, 0.1) is 24.3 Å². The minimum Gasteiger partial charge on any atom is -0.349 e. The first-order chi connectivity index (χ1) is 11.8. The second-order valence-corrected chi connectivity index (χ2v) is 7.56. The Balaban J connectivity index is 1.98. The van der Waals surface area contributed by atoms with Crippen LogP contribution in [0.4, 0.5) is 11.4 Å². The van der Waals surface area contributed by atoms with Crippen LogP contribution in [0.25, 0.3) is 0 Å². The summed E-state index contributed by atoms with van der Waals surface area (Å²) < 4.78 is 1.03. The number of rotatable bonds is 3. The summed E-state index contributed by atoms with van der Waals surface area (Å²) in [7, 11) is 0. The molecule has 0 atom stereocenters. The van der Waals surface area contributed by atoms with Crippen LogP contribution >= 0.6 is 34.2 Å². The van der Waals surface area contributed by atoms with E-state index in [0.29, 0.717) is 5.69 Å². The number of carbonyl (C=O) groups is 2. The molecule has 0 aliphatic carbocycles. The molecule has 6 heteroatoms. The lowest BCUT2D eigenvalue weighted by Gasteiger charge is -2.18. The highest BCUT2D eigenvalue weighted by atomic mass is 127. The van der Waals surface area contributed by atoms with Gasteiger partial charge >= 0.3 is 0 Å². The highest BCUT2D eigenvalue weighted by molar-refractivity contribution is 14.1. The molecule has 1 N–H and O–H groups in total. The number of nitrogens with zero attached hydrogens (tertiary/aromatic N) is 1. The van der Waals surface area contributed by atoms with Gasteiger partial charge in [0.05, 0.1) is 5.69 Å². The Morgan fingerprint density at radius 2 is 1.72 bits per heavy atom. The Labute approximate surface area is 165 Å². The normalized spacial score (nSPS) is 14.5. The minimum atomic E-state index is -0.510. The van der Waals surface area contributed by atoms with Crippen molar-refractivity contribution in [2.24, 2.45) is 0 Å². The molecule has 1 heterocycles. The van der Waals surface area contributed by atoms with Crippen molar-refractivity contribution in [2.75, 3.05) is 10.2 Å². The van der Waals surface area contributed by atoms with Crippen molar-refractivity contribution in [3.8, 4) is 0 Å². The van der Waals surface area contributed by atoms with E-state index in [9.17, 15) is 9.59 Å². The largest absolute Gasteiger partial charge is 0.349 e. The van der Waals surface area contributed by atoms with Crippen LogP contribution in [0.1, 0.15) is 16.7 Å². The summed E-state index contributed by atoms with van der Waals surface area (Å²) in [6.07, 6.45) is 0. The van der Waals surface area contributed by atoms with Gasteiger partial charge in [-0.05, 0) is 84.3 Å². The van der Waals surface area contributed by atoms with Crippen LogP contribution < -0.4 is 10.2 Å². The fourth-order valence-corrected chi connectivity index (χ4v) is 3.58. The van der Waals surface area contributed by atoms with Crippen molar-refractivity contribution in [3.05, 3.63) is 67.4 Å². The predicted molar refractivity (Wildman–Crippen MR) is 109 cm³/mol. The van der Waals surface area contributed by atoms with Gasteiger partial charge in [-0.1, -0.05) is 23.7 Å². The lowest BCUT2D eigenvalue weighted by molar-refractivity contribution is -0.120. The SMILES string of the molecule is Cc1cc(I)ccc1N1C(=O)C(Cl)=C(Nc2cccc(C)c2C)C1=O. The number of aryl methyl sites for hydroxylation is 2. The quantitative estimate of drug-likeness (QED) is 0.529. The number of imide groups is 1. The number of nitrogens with one attached hydrogen (secondary N) is 1. The summed E-state index contributed by atoms with van der Waals surface area (Å²) in [5.74, 6) is -0.955. The molecule has 1 aliphatic heterocycles. The van der Waals surface area contributed by atoms with Crippen molar-refractivity contribution < 1.29 is 9.59 Å². The Hall–Kier alpha value is -1.86. The highest BCUT2D eigenvalue weighted by Crippen LogP contribution is 2.33. The van der Waals surface area contributed by atoms with Crippen molar-refractivity contribution in [1.82, 2.24) is 0 Å². The minimum absolute atomic E-state index is 0.0937. The molecule has 128 valence electrons. The van der Waals surface area contributed by atoms with E-state index in [0.717, 1.165) is 30.8 Å². The number of amides is 2. The van der Waals surface area contributed by atoms with Crippen LogP contribution in [0.3, 0.4) is 0 Å². The molecule has 0 fully saturated rings. The lowest BCUT2D eigenvalue weighted by Crippen LogP contribution is -2.32. The topological polar surface area (TPSA) is 49.4 Å². The van der Waals surface area contributed by atoms with Gasteiger partial charge in [-0.15, -0.1) is 0 Å². The van der Waals surface area contributed by atoms with E-state index in [1.165, 1.54) is 0 Å². The fourth-order valence-electron chi connectivity index (χ4n) is 2.72. The zero-order valence-electron chi connectivity index (χ0n) is 14.0. The number of hydrogen-bond acceptors (Lipinski definition) is 3. The summed E-state index contributed by atoms with van der Waals surface area (Å²) in [4.78, 5) is 26.6. The van der Waals surface area contributed by atoms with Crippen molar-refractivity contribution in [2.45, 2.75) is 20.8 Å². The van der Waals surface area contributed by atoms with E-state index in [4.69, 9.17) is 11.6 Å². The number of carbonyl (C=O) groups excluding carboxylic acids is 2. The van der Waals surface area contributed by atoms with E-state index in [1.54, 1.807) is 6.07 Å². The maximum atomic E-state index is 12.9. The maximum absolute atomic E-state index is 12.9. The van der Waals surface area contributed by atoms with Crippen LogP contribution in [0.5, 0.6) is 0 Å². The zero-order chi connectivity index (χ0) is 18.3. The fraction of sp³-hybridized carbons (Fsp3) is 0.158.